The third-order valence-electron chi connectivity index (χ3n) is 3.84. The number of aliphatic hydroxyl groups is 1. The predicted octanol–water partition coefficient (Wildman–Crippen LogP) is 2.73. The van der Waals surface area contributed by atoms with E-state index in [0.717, 1.165) is 12.3 Å². The Morgan fingerprint density at radius 1 is 1.44 bits per heavy atom. The lowest BCUT2D eigenvalue weighted by molar-refractivity contribution is -0.122. The van der Waals surface area contributed by atoms with Crippen LogP contribution < -0.4 is 5.32 Å². The van der Waals surface area contributed by atoms with E-state index < -0.39 is 0 Å². The quantitative estimate of drug-likeness (QED) is 0.793. The van der Waals surface area contributed by atoms with Gasteiger partial charge in [-0.3, -0.25) is 4.79 Å². The molecule has 3 atom stereocenters. The average Bonchev–Trinajstić information content (AvgIpc) is 2.12. The van der Waals surface area contributed by atoms with Crippen LogP contribution in [0.25, 0.3) is 0 Å². The molecule has 1 aliphatic rings. The lowest BCUT2D eigenvalue weighted by Gasteiger charge is -2.38. The molecule has 1 saturated carbocycles. The zero-order valence-corrected chi connectivity index (χ0v) is 12.3. The molecule has 0 heterocycles. The van der Waals surface area contributed by atoms with Gasteiger partial charge in [0.2, 0.25) is 5.91 Å². The van der Waals surface area contributed by atoms with Crippen LogP contribution in [0, 0.1) is 17.3 Å². The third kappa shape index (κ3) is 5.85. The van der Waals surface area contributed by atoms with Crippen LogP contribution in [0.1, 0.15) is 59.8 Å². The van der Waals surface area contributed by atoms with Gasteiger partial charge in [-0.25, -0.2) is 0 Å². The lowest BCUT2D eigenvalue weighted by Crippen LogP contribution is -2.33. The monoisotopic (exact) mass is 255 g/mol. The van der Waals surface area contributed by atoms with Crippen LogP contribution in [0.2, 0.25) is 0 Å². The summed E-state index contributed by atoms with van der Waals surface area (Å²) in [4.78, 5) is 11.8. The van der Waals surface area contributed by atoms with Gasteiger partial charge < -0.3 is 10.4 Å². The van der Waals surface area contributed by atoms with E-state index >= 15 is 0 Å². The van der Waals surface area contributed by atoms with Crippen molar-refractivity contribution in [3.8, 4) is 0 Å². The Hall–Kier alpha value is -0.570. The summed E-state index contributed by atoms with van der Waals surface area (Å²) in [6.07, 6.45) is 4.55. The van der Waals surface area contributed by atoms with E-state index in [1.54, 1.807) is 6.92 Å². The normalized spacial score (nSPS) is 28.7. The molecule has 0 aliphatic heterocycles. The van der Waals surface area contributed by atoms with Gasteiger partial charge in [-0.05, 0) is 49.9 Å². The molecule has 1 rings (SSSR count). The summed E-state index contributed by atoms with van der Waals surface area (Å²) in [6, 6.07) is 0. The second-order valence-corrected chi connectivity index (χ2v) is 6.97. The number of carbonyl (C=O) groups is 1. The molecule has 0 aromatic carbocycles. The molecule has 1 fully saturated rings. The molecule has 0 aromatic rings. The SMILES string of the molecule is CC(O)CCNC(=O)CC1CC(C)CC(C)(C)C1. The van der Waals surface area contributed by atoms with Crippen molar-refractivity contribution in [3.63, 3.8) is 0 Å². The molecular formula is C15H29NO2. The second kappa shape index (κ2) is 6.55. The minimum Gasteiger partial charge on any atom is -0.393 e. The summed E-state index contributed by atoms with van der Waals surface area (Å²) < 4.78 is 0. The number of aliphatic hydroxyl groups excluding tert-OH is 1. The Balaban J connectivity index is 2.31. The highest BCUT2D eigenvalue weighted by atomic mass is 16.3. The van der Waals surface area contributed by atoms with Crippen LogP contribution in [0.4, 0.5) is 0 Å². The number of carbonyl (C=O) groups excluding carboxylic acids is 1. The van der Waals surface area contributed by atoms with Gasteiger partial charge in [-0.1, -0.05) is 20.8 Å². The van der Waals surface area contributed by atoms with Crippen molar-refractivity contribution in [2.45, 2.75) is 65.9 Å². The van der Waals surface area contributed by atoms with Crippen LogP contribution in [0.15, 0.2) is 0 Å². The van der Waals surface area contributed by atoms with Crippen LogP contribution in [0.5, 0.6) is 0 Å². The molecule has 2 N–H and O–H groups in total. The molecule has 0 saturated heterocycles. The summed E-state index contributed by atoms with van der Waals surface area (Å²) in [7, 11) is 0. The van der Waals surface area contributed by atoms with E-state index in [0.29, 0.717) is 30.7 Å². The highest BCUT2D eigenvalue weighted by Crippen LogP contribution is 2.42. The van der Waals surface area contributed by atoms with Crippen molar-refractivity contribution < 1.29 is 9.90 Å². The summed E-state index contributed by atoms with van der Waals surface area (Å²) in [6.45, 7) is 9.24. The lowest BCUT2D eigenvalue weighted by atomic mass is 9.67. The summed E-state index contributed by atoms with van der Waals surface area (Å²) in [5, 5.41) is 12.0. The van der Waals surface area contributed by atoms with Crippen LogP contribution in [0.3, 0.4) is 0 Å². The maximum atomic E-state index is 11.8. The molecule has 0 aromatic heterocycles. The molecule has 3 heteroatoms. The van der Waals surface area contributed by atoms with Crippen LogP contribution in [-0.4, -0.2) is 23.7 Å². The van der Waals surface area contributed by atoms with Crippen molar-refractivity contribution in [3.05, 3.63) is 0 Å². The molecule has 106 valence electrons. The fraction of sp³-hybridized carbons (Fsp3) is 0.933. The first-order chi connectivity index (χ1) is 8.28. The fourth-order valence-corrected chi connectivity index (χ4v) is 3.45. The predicted molar refractivity (Wildman–Crippen MR) is 74.2 cm³/mol. The van der Waals surface area contributed by atoms with E-state index in [1.165, 1.54) is 12.8 Å². The number of nitrogens with one attached hydrogen (secondary N) is 1. The first-order valence-corrected chi connectivity index (χ1v) is 7.23. The molecule has 3 nitrogen and oxygen atoms in total. The molecule has 1 amide bonds. The third-order valence-corrected chi connectivity index (χ3v) is 3.84. The summed E-state index contributed by atoms with van der Waals surface area (Å²) in [5.74, 6) is 1.39. The van der Waals surface area contributed by atoms with Gasteiger partial charge in [0.05, 0.1) is 6.10 Å². The molecule has 18 heavy (non-hydrogen) atoms. The minimum atomic E-state index is -0.334. The standard InChI is InChI=1S/C15H29NO2/c1-11-7-13(10-15(3,4)9-11)8-14(18)16-6-5-12(2)17/h11-13,17H,5-10H2,1-4H3,(H,16,18). The largest absolute Gasteiger partial charge is 0.393 e. The highest BCUT2D eigenvalue weighted by Gasteiger charge is 2.32. The average molecular weight is 255 g/mol. The molecule has 0 spiro atoms. The van der Waals surface area contributed by atoms with Crippen molar-refractivity contribution in [2.75, 3.05) is 6.54 Å². The molecule has 0 bridgehead atoms. The van der Waals surface area contributed by atoms with Crippen molar-refractivity contribution in [1.29, 1.82) is 0 Å². The Labute approximate surface area is 111 Å². The van der Waals surface area contributed by atoms with Gasteiger partial charge in [-0.15, -0.1) is 0 Å². The van der Waals surface area contributed by atoms with Gasteiger partial charge in [-0.2, -0.15) is 0 Å². The first-order valence-electron chi connectivity index (χ1n) is 7.23. The molecular weight excluding hydrogens is 226 g/mol. The molecule has 3 unspecified atom stereocenters. The number of hydrogen-bond acceptors (Lipinski definition) is 2. The van der Waals surface area contributed by atoms with Gasteiger partial charge in [0.1, 0.15) is 0 Å². The smallest absolute Gasteiger partial charge is 0.220 e. The number of hydrogen-bond donors (Lipinski definition) is 2. The van der Waals surface area contributed by atoms with E-state index in [4.69, 9.17) is 5.11 Å². The first kappa shape index (κ1) is 15.5. The van der Waals surface area contributed by atoms with Crippen molar-refractivity contribution >= 4 is 5.91 Å². The summed E-state index contributed by atoms with van der Waals surface area (Å²) in [5.41, 5.74) is 0.377. The topological polar surface area (TPSA) is 49.3 Å². The van der Waals surface area contributed by atoms with Gasteiger partial charge in [0.25, 0.3) is 0 Å². The Kier molecular flexibility index (Phi) is 5.64. The van der Waals surface area contributed by atoms with Crippen molar-refractivity contribution in [2.24, 2.45) is 17.3 Å². The van der Waals surface area contributed by atoms with Gasteiger partial charge in [0.15, 0.2) is 0 Å². The zero-order valence-electron chi connectivity index (χ0n) is 12.3. The zero-order chi connectivity index (χ0) is 13.8. The van der Waals surface area contributed by atoms with Crippen molar-refractivity contribution in [1.82, 2.24) is 5.32 Å². The number of amides is 1. The second-order valence-electron chi connectivity index (χ2n) is 6.97. The van der Waals surface area contributed by atoms with E-state index in [9.17, 15) is 4.79 Å². The van der Waals surface area contributed by atoms with Crippen LogP contribution >= 0.6 is 0 Å². The highest BCUT2D eigenvalue weighted by molar-refractivity contribution is 5.76. The maximum absolute atomic E-state index is 11.8. The molecule has 1 aliphatic carbocycles. The van der Waals surface area contributed by atoms with Crippen LogP contribution in [-0.2, 0) is 4.79 Å². The Morgan fingerprint density at radius 3 is 2.67 bits per heavy atom. The molecule has 0 radical (unpaired) electrons. The fourth-order valence-electron chi connectivity index (χ4n) is 3.45. The van der Waals surface area contributed by atoms with E-state index in [1.807, 2.05) is 0 Å². The Bertz CT molecular complexity index is 274. The van der Waals surface area contributed by atoms with Gasteiger partial charge >= 0.3 is 0 Å². The minimum absolute atomic E-state index is 0.144. The maximum Gasteiger partial charge on any atom is 0.220 e. The summed E-state index contributed by atoms with van der Waals surface area (Å²) >= 11 is 0. The van der Waals surface area contributed by atoms with Gasteiger partial charge in [0, 0.05) is 13.0 Å². The van der Waals surface area contributed by atoms with E-state index in [-0.39, 0.29) is 12.0 Å². The number of rotatable bonds is 5. The Morgan fingerprint density at radius 2 is 2.11 bits per heavy atom. The van der Waals surface area contributed by atoms with E-state index in [2.05, 4.69) is 26.1 Å².